The van der Waals surface area contributed by atoms with Gasteiger partial charge in [0, 0.05) is 22.2 Å². The fourth-order valence-corrected chi connectivity index (χ4v) is 4.71. The van der Waals surface area contributed by atoms with E-state index in [1.165, 1.54) is 13.0 Å². The number of amides is 2. The van der Waals surface area contributed by atoms with Gasteiger partial charge in [0.05, 0.1) is 29.0 Å². The molecule has 0 saturated carbocycles. The molecule has 1 aliphatic heterocycles. The van der Waals surface area contributed by atoms with Gasteiger partial charge in [-0.05, 0) is 57.4 Å². The molecule has 9 heteroatoms. The summed E-state index contributed by atoms with van der Waals surface area (Å²) in [5, 5.41) is 3.80. The smallest absolute Gasteiger partial charge is 0.251 e. The maximum atomic E-state index is 13.0. The molecule has 2 unspecified atom stereocenters. The minimum absolute atomic E-state index is 0.00998. The van der Waals surface area contributed by atoms with Crippen LogP contribution in [-0.2, 0) is 14.4 Å². The normalized spacial score (nSPS) is 21.8. The standard InChI is InChI=1S/C23H24Cl2N4O3/c1-12(21-27-18-8-6-15(24)11-19(18)28-21)26-22(31)14-5-7-16(17(25)10-14)23(32)29-9-3-4-20(29)13(2)30/h5-6,8,10-12,16,20H,3-4,7,9H2,1-2H3,(H,26,31)(H,27,28)/t12?,16?,20-/m1/s1. The van der Waals surface area contributed by atoms with Gasteiger partial charge in [-0.15, -0.1) is 0 Å². The van der Waals surface area contributed by atoms with E-state index in [4.69, 9.17) is 23.2 Å². The number of likely N-dealkylation sites (tertiary alicyclic amines) is 1. The highest BCUT2D eigenvalue weighted by Crippen LogP contribution is 2.32. The summed E-state index contributed by atoms with van der Waals surface area (Å²) < 4.78 is 0. The summed E-state index contributed by atoms with van der Waals surface area (Å²) >= 11 is 12.4. The number of ketones is 1. The number of carbonyl (C=O) groups is 3. The second-order valence-corrected chi connectivity index (χ2v) is 9.13. The topological polar surface area (TPSA) is 95.2 Å². The molecule has 2 amide bonds. The molecule has 4 rings (SSSR count). The molecule has 7 nitrogen and oxygen atoms in total. The summed E-state index contributed by atoms with van der Waals surface area (Å²) in [4.78, 5) is 46.9. The fourth-order valence-electron chi connectivity index (χ4n) is 4.25. The summed E-state index contributed by atoms with van der Waals surface area (Å²) in [6.07, 6.45) is 5.06. The number of fused-ring (bicyclic) bond motifs is 1. The van der Waals surface area contributed by atoms with E-state index >= 15 is 0 Å². The van der Waals surface area contributed by atoms with Crippen LogP contribution in [0.4, 0.5) is 0 Å². The average Bonchev–Trinajstić information content (AvgIpc) is 3.40. The van der Waals surface area contributed by atoms with Crippen LogP contribution in [0.15, 0.2) is 41.0 Å². The molecule has 32 heavy (non-hydrogen) atoms. The molecule has 2 N–H and O–H groups in total. The van der Waals surface area contributed by atoms with Crippen molar-refractivity contribution in [1.29, 1.82) is 0 Å². The number of aromatic amines is 1. The molecule has 0 spiro atoms. The van der Waals surface area contributed by atoms with Crippen molar-refractivity contribution in [2.45, 2.75) is 45.2 Å². The van der Waals surface area contributed by atoms with E-state index in [0.717, 1.165) is 17.5 Å². The van der Waals surface area contributed by atoms with Gasteiger partial charge in [0.2, 0.25) is 5.91 Å². The Hall–Kier alpha value is -2.64. The number of benzene rings is 1. The molecule has 0 bridgehead atoms. The van der Waals surface area contributed by atoms with Crippen LogP contribution in [0.3, 0.4) is 0 Å². The van der Waals surface area contributed by atoms with Gasteiger partial charge in [0.15, 0.2) is 5.78 Å². The van der Waals surface area contributed by atoms with E-state index in [1.54, 1.807) is 23.1 Å². The molecule has 2 aliphatic rings. The van der Waals surface area contributed by atoms with Crippen molar-refractivity contribution in [2.75, 3.05) is 6.54 Å². The van der Waals surface area contributed by atoms with Crippen LogP contribution in [0.5, 0.6) is 0 Å². The Balaban J connectivity index is 1.42. The molecule has 3 atom stereocenters. The second-order valence-electron chi connectivity index (χ2n) is 8.26. The summed E-state index contributed by atoms with van der Waals surface area (Å²) in [5.74, 6) is -0.425. The van der Waals surface area contributed by atoms with E-state index < -0.39 is 5.92 Å². The van der Waals surface area contributed by atoms with Gasteiger partial charge in [0.25, 0.3) is 5.91 Å². The number of Topliss-reactive ketones (excluding diaryl/α,β-unsaturated/α-hetero) is 1. The number of aromatic nitrogens is 2. The number of rotatable bonds is 5. The maximum Gasteiger partial charge on any atom is 0.251 e. The number of hydrogen-bond acceptors (Lipinski definition) is 4. The molecule has 1 fully saturated rings. The molecule has 1 aromatic heterocycles. The maximum absolute atomic E-state index is 13.0. The van der Waals surface area contributed by atoms with Gasteiger partial charge in [-0.3, -0.25) is 14.4 Å². The first kappa shape index (κ1) is 22.6. The SMILES string of the molecule is CC(=O)[C@H]1CCCN1C(=O)C1CC=C(C(=O)NC(C)c2nc3cc(Cl)ccc3[nH]2)C=C1Cl. The van der Waals surface area contributed by atoms with E-state index in [0.29, 0.717) is 40.8 Å². The Labute approximate surface area is 195 Å². The lowest BCUT2D eigenvalue weighted by molar-refractivity contribution is -0.139. The minimum Gasteiger partial charge on any atom is -0.342 e. The highest BCUT2D eigenvalue weighted by Gasteiger charge is 2.37. The van der Waals surface area contributed by atoms with Gasteiger partial charge < -0.3 is 15.2 Å². The van der Waals surface area contributed by atoms with E-state index in [-0.39, 0.29) is 29.7 Å². The second kappa shape index (κ2) is 9.08. The lowest BCUT2D eigenvalue weighted by Gasteiger charge is -2.28. The van der Waals surface area contributed by atoms with Crippen molar-refractivity contribution in [2.24, 2.45) is 5.92 Å². The van der Waals surface area contributed by atoms with Crippen LogP contribution in [0.25, 0.3) is 11.0 Å². The van der Waals surface area contributed by atoms with Crippen LogP contribution >= 0.6 is 23.2 Å². The predicted octanol–water partition coefficient (Wildman–Crippen LogP) is 4.04. The highest BCUT2D eigenvalue weighted by molar-refractivity contribution is 6.32. The molecular weight excluding hydrogens is 451 g/mol. The van der Waals surface area contributed by atoms with Crippen molar-refractivity contribution in [3.8, 4) is 0 Å². The van der Waals surface area contributed by atoms with Crippen LogP contribution < -0.4 is 5.32 Å². The van der Waals surface area contributed by atoms with Crippen molar-refractivity contribution < 1.29 is 14.4 Å². The highest BCUT2D eigenvalue weighted by atomic mass is 35.5. The molecule has 1 aromatic carbocycles. The number of carbonyl (C=O) groups excluding carboxylic acids is 3. The van der Waals surface area contributed by atoms with Gasteiger partial charge in [-0.2, -0.15) is 0 Å². The lowest BCUT2D eigenvalue weighted by Crippen LogP contribution is -2.43. The molecule has 168 valence electrons. The number of hydrogen-bond donors (Lipinski definition) is 2. The molecule has 2 aromatic rings. The third-order valence-corrected chi connectivity index (χ3v) is 6.59. The number of halogens is 2. The van der Waals surface area contributed by atoms with Gasteiger partial charge in [0.1, 0.15) is 5.82 Å². The number of H-pyrrole nitrogens is 1. The summed E-state index contributed by atoms with van der Waals surface area (Å²) in [6.45, 7) is 3.89. The lowest BCUT2D eigenvalue weighted by atomic mass is 9.94. The van der Waals surface area contributed by atoms with E-state index in [2.05, 4.69) is 15.3 Å². The van der Waals surface area contributed by atoms with Gasteiger partial charge in [-0.1, -0.05) is 29.3 Å². The molecule has 1 aliphatic carbocycles. The third-order valence-electron chi connectivity index (χ3n) is 5.99. The van der Waals surface area contributed by atoms with Crippen LogP contribution in [0.1, 0.15) is 45.0 Å². The zero-order chi connectivity index (χ0) is 23.0. The minimum atomic E-state index is -0.564. The third kappa shape index (κ3) is 4.45. The number of imidazole rings is 1. The van der Waals surface area contributed by atoms with Crippen molar-refractivity contribution in [3.63, 3.8) is 0 Å². The summed E-state index contributed by atoms with van der Waals surface area (Å²) in [6, 6.07) is 4.62. The van der Waals surface area contributed by atoms with E-state index in [9.17, 15) is 14.4 Å². The molecular formula is C23H24Cl2N4O3. The monoisotopic (exact) mass is 474 g/mol. The molecule has 1 saturated heterocycles. The number of nitrogens with zero attached hydrogens (tertiary/aromatic N) is 2. The largest absolute Gasteiger partial charge is 0.342 e. The number of allylic oxidation sites excluding steroid dienone is 1. The van der Waals surface area contributed by atoms with E-state index in [1.807, 2.05) is 13.0 Å². The van der Waals surface area contributed by atoms with Gasteiger partial charge >= 0.3 is 0 Å². The van der Waals surface area contributed by atoms with Crippen molar-refractivity contribution in [1.82, 2.24) is 20.2 Å². The first-order chi connectivity index (χ1) is 15.2. The Morgan fingerprint density at radius 1 is 1.28 bits per heavy atom. The Morgan fingerprint density at radius 2 is 2.06 bits per heavy atom. The van der Waals surface area contributed by atoms with Crippen LogP contribution in [0.2, 0.25) is 5.02 Å². The Bertz CT molecular complexity index is 1150. The first-order valence-corrected chi connectivity index (χ1v) is 11.3. The zero-order valence-electron chi connectivity index (χ0n) is 17.8. The average molecular weight is 475 g/mol. The van der Waals surface area contributed by atoms with Gasteiger partial charge in [-0.25, -0.2) is 4.98 Å². The quantitative estimate of drug-likeness (QED) is 0.683. The number of nitrogens with one attached hydrogen (secondary N) is 2. The van der Waals surface area contributed by atoms with Crippen molar-refractivity contribution in [3.05, 3.63) is 51.8 Å². The predicted molar refractivity (Wildman–Crippen MR) is 123 cm³/mol. The molecule has 2 heterocycles. The zero-order valence-corrected chi connectivity index (χ0v) is 19.3. The van der Waals surface area contributed by atoms with Crippen molar-refractivity contribution >= 4 is 51.8 Å². The van der Waals surface area contributed by atoms with Crippen LogP contribution in [-0.4, -0.2) is 45.1 Å². The fraction of sp³-hybridized carbons (Fsp3) is 0.391. The Morgan fingerprint density at radius 3 is 2.78 bits per heavy atom. The Kier molecular flexibility index (Phi) is 6.40. The summed E-state index contributed by atoms with van der Waals surface area (Å²) in [5.41, 5.74) is 1.95. The first-order valence-electron chi connectivity index (χ1n) is 10.6. The van der Waals surface area contributed by atoms with Crippen LogP contribution in [0, 0.1) is 5.92 Å². The molecule has 0 radical (unpaired) electrons. The summed E-state index contributed by atoms with van der Waals surface area (Å²) in [7, 11) is 0.